The van der Waals surface area contributed by atoms with Crippen molar-refractivity contribution in [1.29, 1.82) is 0 Å². The minimum Gasteiger partial charge on any atom is -0.385 e. The SMILES string of the molecule is COCCCNC(=O)c1ccc(C#CCO)s1. The van der Waals surface area contributed by atoms with Crippen molar-refractivity contribution >= 4 is 17.2 Å². The predicted molar refractivity (Wildman–Crippen MR) is 67.1 cm³/mol. The zero-order valence-corrected chi connectivity index (χ0v) is 10.5. The molecule has 1 heterocycles. The smallest absolute Gasteiger partial charge is 0.261 e. The molecule has 0 aromatic carbocycles. The number of hydrogen-bond donors (Lipinski definition) is 2. The van der Waals surface area contributed by atoms with Crippen LogP contribution in [0.25, 0.3) is 0 Å². The van der Waals surface area contributed by atoms with Gasteiger partial charge in [0, 0.05) is 20.3 Å². The molecule has 92 valence electrons. The standard InChI is InChI=1S/C12H15NO3S/c1-16-9-3-7-13-12(15)11-6-5-10(17-11)4-2-8-14/h5-6,14H,3,7-9H2,1H3,(H,13,15). The Morgan fingerprint density at radius 1 is 1.59 bits per heavy atom. The second-order valence-electron chi connectivity index (χ2n) is 3.23. The van der Waals surface area contributed by atoms with Gasteiger partial charge < -0.3 is 15.2 Å². The van der Waals surface area contributed by atoms with E-state index in [9.17, 15) is 4.79 Å². The first-order valence-electron chi connectivity index (χ1n) is 5.24. The van der Waals surface area contributed by atoms with Gasteiger partial charge >= 0.3 is 0 Å². The van der Waals surface area contributed by atoms with Crippen LogP contribution in [0.4, 0.5) is 0 Å². The quantitative estimate of drug-likeness (QED) is 0.604. The third kappa shape index (κ3) is 5.00. The summed E-state index contributed by atoms with van der Waals surface area (Å²) in [6, 6.07) is 3.51. The van der Waals surface area contributed by atoms with Gasteiger partial charge in [-0.2, -0.15) is 0 Å². The molecule has 0 spiro atoms. The molecule has 0 aliphatic carbocycles. The van der Waals surface area contributed by atoms with E-state index in [0.29, 0.717) is 18.0 Å². The molecule has 17 heavy (non-hydrogen) atoms. The van der Waals surface area contributed by atoms with Crippen LogP contribution in [-0.4, -0.2) is 37.9 Å². The van der Waals surface area contributed by atoms with Crippen LogP contribution in [0.1, 0.15) is 21.0 Å². The van der Waals surface area contributed by atoms with Gasteiger partial charge in [-0.1, -0.05) is 11.8 Å². The van der Waals surface area contributed by atoms with E-state index in [0.717, 1.165) is 11.3 Å². The summed E-state index contributed by atoms with van der Waals surface area (Å²) < 4.78 is 4.89. The molecule has 0 aliphatic heterocycles. The number of hydrogen-bond acceptors (Lipinski definition) is 4. The van der Waals surface area contributed by atoms with Crippen LogP contribution >= 0.6 is 11.3 Å². The molecule has 0 aliphatic rings. The Hall–Kier alpha value is -1.35. The topological polar surface area (TPSA) is 58.6 Å². The van der Waals surface area contributed by atoms with Crippen molar-refractivity contribution < 1.29 is 14.6 Å². The molecule has 5 heteroatoms. The zero-order chi connectivity index (χ0) is 12.5. The van der Waals surface area contributed by atoms with E-state index in [1.54, 1.807) is 19.2 Å². The molecule has 4 nitrogen and oxygen atoms in total. The number of nitrogens with one attached hydrogen (secondary N) is 1. The highest BCUT2D eigenvalue weighted by molar-refractivity contribution is 7.14. The normalized spacial score (nSPS) is 9.53. The van der Waals surface area contributed by atoms with Crippen molar-refractivity contribution in [2.24, 2.45) is 0 Å². The number of thiophene rings is 1. The lowest BCUT2D eigenvalue weighted by molar-refractivity contribution is 0.0952. The van der Waals surface area contributed by atoms with Crippen molar-refractivity contribution in [2.45, 2.75) is 6.42 Å². The molecule has 0 unspecified atom stereocenters. The molecule has 0 radical (unpaired) electrons. The van der Waals surface area contributed by atoms with Crippen molar-refractivity contribution in [3.05, 3.63) is 21.9 Å². The number of ether oxygens (including phenoxy) is 1. The van der Waals surface area contributed by atoms with Gasteiger partial charge in [0.15, 0.2) is 0 Å². The maximum Gasteiger partial charge on any atom is 0.261 e. The second-order valence-corrected chi connectivity index (χ2v) is 4.31. The van der Waals surface area contributed by atoms with Crippen LogP contribution < -0.4 is 5.32 Å². The van der Waals surface area contributed by atoms with E-state index in [2.05, 4.69) is 17.2 Å². The van der Waals surface area contributed by atoms with Crippen LogP contribution in [0.2, 0.25) is 0 Å². The summed E-state index contributed by atoms with van der Waals surface area (Å²) in [5.74, 6) is 5.21. The summed E-state index contributed by atoms with van der Waals surface area (Å²) in [4.78, 5) is 13.1. The maximum atomic E-state index is 11.7. The first-order valence-corrected chi connectivity index (χ1v) is 6.06. The van der Waals surface area contributed by atoms with E-state index in [1.807, 2.05) is 0 Å². The van der Waals surface area contributed by atoms with Gasteiger partial charge in [0.2, 0.25) is 0 Å². The fourth-order valence-electron chi connectivity index (χ4n) is 1.16. The molecule has 0 fully saturated rings. The van der Waals surface area contributed by atoms with Crippen molar-refractivity contribution in [3.63, 3.8) is 0 Å². The van der Waals surface area contributed by atoms with Crippen LogP contribution in [0.15, 0.2) is 12.1 Å². The highest BCUT2D eigenvalue weighted by Gasteiger charge is 2.07. The fraction of sp³-hybridized carbons (Fsp3) is 0.417. The Labute approximate surface area is 105 Å². The molecule has 2 N–H and O–H groups in total. The summed E-state index contributed by atoms with van der Waals surface area (Å²) >= 11 is 1.32. The van der Waals surface area contributed by atoms with E-state index >= 15 is 0 Å². The van der Waals surface area contributed by atoms with E-state index < -0.39 is 0 Å². The van der Waals surface area contributed by atoms with E-state index in [-0.39, 0.29) is 12.5 Å². The first kappa shape index (κ1) is 13.7. The van der Waals surface area contributed by atoms with Crippen LogP contribution in [0.3, 0.4) is 0 Å². The molecule has 0 atom stereocenters. The molecule has 1 aromatic heterocycles. The highest BCUT2D eigenvalue weighted by Crippen LogP contribution is 2.14. The monoisotopic (exact) mass is 253 g/mol. The summed E-state index contributed by atoms with van der Waals surface area (Å²) in [6.45, 7) is 1.07. The van der Waals surface area contributed by atoms with Gasteiger partial charge in [0.25, 0.3) is 5.91 Å². The van der Waals surface area contributed by atoms with E-state index in [4.69, 9.17) is 9.84 Å². The van der Waals surface area contributed by atoms with Crippen molar-refractivity contribution in [3.8, 4) is 11.8 Å². The number of carbonyl (C=O) groups excluding carboxylic acids is 1. The Morgan fingerprint density at radius 2 is 2.41 bits per heavy atom. The van der Waals surface area contributed by atoms with Gasteiger partial charge in [0.1, 0.15) is 6.61 Å². The first-order chi connectivity index (χ1) is 8.27. The third-order valence-corrected chi connectivity index (χ3v) is 2.93. The van der Waals surface area contributed by atoms with Gasteiger partial charge in [-0.3, -0.25) is 4.79 Å². The van der Waals surface area contributed by atoms with Crippen molar-refractivity contribution in [2.75, 3.05) is 26.9 Å². The van der Waals surface area contributed by atoms with Gasteiger partial charge in [-0.05, 0) is 18.6 Å². The molecular formula is C12H15NO3S. The average molecular weight is 253 g/mol. The third-order valence-electron chi connectivity index (χ3n) is 1.93. The van der Waals surface area contributed by atoms with Crippen molar-refractivity contribution in [1.82, 2.24) is 5.32 Å². The number of rotatable bonds is 5. The van der Waals surface area contributed by atoms with Gasteiger partial charge in [0.05, 0.1) is 9.75 Å². The Kier molecular flexibility index (Phi) is 6.33. The van der Waals surface area contributed by atoms with Gasteiger partial charge in [-0.25, -0.2) is 0 Å². The molecular weight excluding hydrogens is 238 g/mol. The van der Waals surface area contributed by atoms with Crippen LogP contribution in [-0.2, 0) is 4.74 Å². The summed E-state index contributed by atoms with van der Waals surface area (Å²) in [7, 11) is 1.63. The fourth-order valence-corrected chi connectivity index (χ4v) is 1.96. The van der Waals surface area contributed by atoms with E-state index in [1.165, 1.54) is 11.3 Å². The highest BCUT2D eigenvalue weighted by atomic mass is 32.1. The molecule has 1 rings (SSSR count). The Bertz CT molecular complexity index is 417. The zero-order valence-electron chi connectivity index (χ0n) is 9.66. The Balaban J connectivity index is 2.43. The summed E-state index contributed by atoms with van der Waals surface area (Å²) in [5.41, 5.74) is 0. The number of amides is 1. The number of aliphatic hydroxyl groups excluding tert-OH is 1. The van der Waals surface area contributed by atoms with Crippen LogP contribution in [0.5, 0.6) is 0 Å². The lowest BCUT2D eigenvalue weighted by atomic mass is 10.4. The largest absolute Gasteiger partial charge is 0.385 e. The average Bonchev–Trinajstić information content (AvgIpc) is 2.80. The summed E-state index contributed by atoms with van der Waals surface area (Å²) in [5, 5.41) is 11.3. The lowest BCUT2D eigenvalue weighted by Gasteiger charge is -2.02. The Morgan fingerprint density at radius 3 is 3.12 bits per heavy atom. The molecule has 0 saturated carbocycles. The molecule has 1 aromatic rings. The number of methoxy groups -OCH3 is 1. The van der Waals surface area contributed by atoms with Gasteiger partial charge in [-0.15, -0.1) is 11.3 Å². The minimum atomic E-state index is -0.170. The minimum absolute atomic E-state index is 0.0943. The number of carbonyl (C=O) groups is 1. The summed E-state index contributed by atoms with van der Waals surface area (Å²) in [6.07, 6.45) is 0.796. The molecule has 1 amide bonds. The molecule has 0 bridgehead atoms. The maximum absolute atomic E-state index is 11.7. The lowest BCUT2D eigenvalue weighted by Crippen LogP contribution is -2.24. The number of aliphatic hydroxyl groups is 1. The molecule has 0 saturated heterocycles. The van der Waals surface area contributed by atoms with Crippen LogP contribution in [0, 0.1) is 11.8 Å². The predicted octanol–water partition coefficient (Wildman–Crippen LogP) is 0.858. The second kappa shape index (κ2) is 7.85.